The van der Waals surface area contributed by atoms with Gasteiger partial charge in [-0.3, -0.25) is 4.79 Å². The zero-order valence-corrected chi connectivity index (χ0v) is 17.1. The van der Waals surface area contributed by atoms with Crippen molar-refractivity contribution in [3.8, 4) is 5.75 Å². The molecule has 0 bridgehead atoms. The van der Waals surface area contributed by atoms with Crippen LogP contribution in [0.2, 0.25) is 0 Å². The van der Waals surface area contributed by atoms with E-state index in [9.17, 15) is 4.79 Å². The average Bonchev–Trinajstić information content (AvgIpc) is 2.93. The Labute approximate surface area is 173 Å². The number of hydrogen-bond donors (Lipinski definition) is 0. The number of nitrogens with zero attached hydrogens (tertiary/aromatic N) is 2. The fourth-order valence-electron chi connectivity index (χ4n) is 4.41. The minimum Gasteiger partial charge on any atom is -0.497 e. The van der Waals surface area contributed by atoms with Crippen LogP contribution in [0.25, 0.3) is 0 Å². The molecular formula is C24H30N2O3. The number of likely N-dealkylation sites (tertiary alicyclic amines) is 1. The Morgan fingerprint density at radius 3 is 2.62 bits per heavy atom. The van der Waals surface area contributed by atoms with Gasteiger partial charge in [0.25, 0.3) is 0 Å². The third kappa shape index (κ3) is 4.80. The van der Waals surface area contributed by atoms with E-state index >= 15 is 0 Å². The maximum Gasteiger partial charge on any atom is 0.234 e. The lowest BCUT2D eigenvalue weighted by Gasteiger charge is -2.37. The maximum atomic E-state index is 13.4. The first-order chi connectivity index (χ1) is 14.2. The summed E-state index contributed by atoms with van der Waals surface area (Å²) >= 11 is 0. The normalized spacial score (nSPS) is 22.8. The molecule has 2 aromatic rings. The van der Waals surface area contributed by atoms with E-state index in [1.54, 1.807) is 7.11 Å². The number of fused-ring (bicyclic) bond motifs is 1. The molecule has 2 fully saturated rings. The summed E-state index contributed by atoms with van der Waals surface area (Å²) in [4.78, 5) is 17.7. The van der Waals surface area contributed by atoms with E-state index in [1.807, 2.05) is 29.2 Å². The van der Waals surface area contributed by atoms with E-state index < -0.39 is 0 Å². The van der Waals surface area contributed by atoms with Crippen molar-refractivity contribution in [3.05, 3.63) is 60.2 Å². The van der Waals surface area contributed by atoms with Crippen LogP contribution in [-0.4, -0.2) is 56.8 Å². The number of piperidine rings is 1. The fraction of sp³-hybridized carbons (Fsp3) is 0.458. The molecule has 2 aliphatic rings. The predicted octanol–water partition coefficient (Wildman–Crippen LogP) is 3.38. The number of ether oxygens (including phenoxy) is 2. The van der Waals surface area contributed by atoms with Crippen LogP contribution in [0.3, 0.4) is 0 Å². The van der Waals surface area contributed by atoms with Gasteiger partial charge in [0.2, 0.25) is 5.91 Å². The highest BCUT2D eigenvalue weighted by Gasteiger charge is 2.39. The lowest BCUT2D eigenvalue weighted by Crippen LogP contribution is -2.50. The van der Waals surface area contributed by atoms with Gasteiger partial charge in [0, 0.05) is 25.3 Å². The van der Waals surface area contributed by atoms with Crippen molar-refractivity contribution in [1.82, 2.24) is 4.90 Å². The third-order valence-corrected chi connectivity index (χ3v) is 6.03. The van der Waals surface area contributed by atoms with Crippen molar-refractivity contribution < 1.29 is 14.3 Å². The molecule has 0 aliphatic carbocycles. The van der Waals surface area contributed by atoms with Crippen LogP contribution in [0, 0.1) is 5.92 Å². The zero-order valence-electron chi connectivity index (χ0n) is 17.1. The van der Waals surface area contributed by atoms with E-state index in [0.717, 1.165) is 50.3 Å². The summed E-state index contributed by atoms with van der Waals surface area (Å²) in [7, 11) is 1.65. The van der Waals surface area contributed by atoms with Gasteiger partial charge in [-0.1, -0.05) is 30.3 Å². The Bertz CT molecular complexity index is 794. The van der Waals surface area contributed by atoms with Crippen molar-refractivity contribution in [2.45, 2.75) is 25.4 Å². The van der Waals surface area contributed by atoms with E-state index in [2.05, 4.69) is 35.2 Å². The van der Waals surface area contributed by atoms with Gasteiger partial charge in [0.1, 0.15) is 5.75 Å². The van der Waals surface area contributed by atoms with Crippen molar-refractivity contribution in [3.63, 3.8) is 0 Å². The first-order valence-electron chi connectivity index (χ1n) is 10.6. The van der Waals surface area contributed by atoms with Crippen molar-refractivity contribution in [2.24, 2.45) is 5.92 Å². The Morgan fingerprint density at radius 2 is 1.86 bits per heavy atom. The lowest BCUT2D eigenvalue weighted by molar-refractivity contribution is -0.128. The van der Waals surface area contributed by atoms with Gasteiger partial charge in [0.05, 0.1) is 25.7 Å². The summed E-state index contributed by atoms with van der Waals surface area (Å²) in [5.41, 5.74) is 2.29. The Morgan fingerprint density at radius 1 is 1.07 bits per heavy atom. The van der Waals surface area contributed by atoms with Crippen LogP contribution in [-0.2, 0) is 16.0 Å². The van der Waals surface area contributed by atoms with Crippen LogP contribution in [0.4, 0.5) is 5.69 Å². The predicted molar refractivity (Wildman–Crippen MR) is 114 cm³/mol. The molecule has 0 N–H and O–H groups in total. The van der Waals surface area contributed by atoms with Crippen molar-refractivity contribution in [1.29, 1.82) is 0 Å². The van der Waals surface area contributed by atoms with Gasteiger partial charge in [-0.05, 0) is 55.6 Å². The Balaban J connectivity index is 1.38. The van der Waals surface area contributed by atoms with Crippen LogP contribution >= 0.6 is 0 Å². The number of amides is 1. The van der Waals surface area contributed by atoms with Gasteiger partial charge < -0.3 is 19.3 Å². The molecular weight excluding hydrogens is 364 g/mol. The smallest absolute Gasteiger partial charge is 0.234 e. The van der Waals surface area contributed by atoms with Crippen LogP contribution in [0.5, 0.6) is 5.75 Å². The second-order valence-electron chi connectivity index (χ2n) is 7.88. The van der Waals surface area contributed by atoms with Crippen LogP contribution < -0.4 is 9.64 Å². The largest absolute Gasteiger partial charge is 0.497 e. The first kappa shape index (κ1) is 19.9. The number of anilines is 1. The highest BCUT2D eigenvalue weighted by molar-refractivity contribution is 5.96. The van der Waals surface area contributed by atoms with Crippen LogP contribution in [0.15, 0.2) is 54.6 Å². The molecule has 2 saturated heterocycles. The first-order valence-corrected chi connectivity index (χ1v) is 10.6. The van der Waals surface area contributed by atoms with Crippen molar-refractivity contribution in [2.75, 3.05) is 44.8 Å². The molecule has 5 nitrogen and oxygen atoms in total. The Hall–Kier alpha value is -2.37. The van der Waals surface area contributed by atoms with Gasteiger partial charge in [-0.2, -0.15) is 0 Å². The molecule has 2 atom stereocenters. The zero-order chi connectivity index (χ0) is 20.1. The number of benzene rings is 2. The summed E-state index contributed by atoms with van der Waals surface area (Å²) in [6.07, 6.45) is 3.15. The van der Waals surface area contributed by atoms with Crippen LogP contribution in [0.1, 0.15) is 18.4 Å². The summed E-state index contributed by atoms with van der Waals surface area (Å²) in [5.74, 6) is 0.892. The molecule has 0 aromatic heterocycles. The molecule has 5 heteroatoms. The Kier molecular flexibility index (Phi) is 6.47. The topological polar surface area (TPSA) is 42.0 Å². The monoisotopic (exact) mass is 394 g/mol. The molecule has 2 aromatic carbocycles. The van der Waals surface area contributed by atoms with E-state index in [0.29, 0.717) is 13.2 Å². The van der Waals surface area contributed by atoms with E-state index in [4.69, 9.17) is 9.47 Å². The second kappa shape index (κ2) is 9.42. The van der Waals surface area contributed by atoms with Gasteiger partial charge >= 0.3 is 0 Å². The number of methoxy groups -OCH3 is 1. The molecule has 4 rings (SSSR count). The number of rotatable bonds is 6. The summed E-state index contributed by atoms with van der Waals surface area (Å²) in [6.45, 7) is 4.00. The number of carbonyl (C=O) groups is 1. The number of aryl methyl sites for hydroxylation is 1. The number of carbonyl (C=O) groups excluding carboxylic acids is 1. The van der Waals surface area contributed by atoms with E-state index in [1.165, 1.54) is 5.56 Å². The molecule has 154 valence electrons. The lowest BCUT2D eigenvalue weighted by atomic mass is 9.93. The summed E-state index contributed by atoms with van der Waals surface area (Å²) in [6, 6.07) is 18.3. The number of hydrogen-bond acceptors (Lipinski definition) is 4. The minimum absolute atomic E-state index is 0.0381. The average molecular weight is 395 g/mol. The van der Waals surface area contributed by atoms with E-state index in [-0.39, 0.29) is 17.9 Å². The molecule has 2 heterocycles. The molecule has 2 aliphatic heterocycles. The summed E-state index contributed by atoms with van der Waals surface area (Å²) in [5, 5.41) is 0. The second-order valence-corrected chi connectivity index (χ2v) is 7.88. The SMILES string of the molecule is COc1ccc(N2CCOC3CCN(CCCc4ccccc4)CC3C2=O)cc1. The molecule has 0 radical (unpaired) electrons. The molecule has 2 unspecified atom stereocenters. The standard InChI is InChI=1S/C24H30N2O3/c1-28-21-11-9-20(10-12-21)26-16-17-29-23-13-15-25(18-22(23)24(26)27)14-5-8-19-6-3-2-4-7-19/h2-4,6-7,9-12,22-23H,5,8,13-18H2,1H3. The molecule has 1 amide bonds. The summed E-state index contributed by atoms with van der Waals surface area (Å²) < 4.78 is 11.3. The molecule has 29 heavy (non-hydrogen) atoms. The third-order valence-electron chi connectivity index (χ3n) is 6.03. The van der Waals surface area contributed by atoms with Crippen molar-refractivity contribution >= 4 is 11.6 Å². The van der Waals surface area contributed by atoms with Gasteiger partial charge in [-0.15, -0.1) is 0 Å². The quantitative estimate of drug-likeness (QED) is 0.753. The highest BCUT2D eigenvalue weighted by atomic mass is 16.5. The molecule has 0 spiro atoms. The van der Waals surface area contributed by atoms with Gasteiger partial charge in [0.15, 0.2) is 0 Å². The highest BCUT2D eigenvalue weighted by Crippen LogP contribution is 2.29. The van der Waals surface area contributed by atoms with Gasteiger partial charge in [-0.25, -0.2) is 0 Å². The molecule has 0 saturated carbocycles. The fourth-order valence-corrected chi connectivity index (χ4v) is 4.41. The maximum absolute atomic E-state index is 13.4. The minimum atomic E-state index is -0.0925.